The number of benzene rings is 1. The van der Waals surface area contributed by atoms with E-state index >= 15 is 0 Å². The molecular formula is C16H18ClN3O3S. The summed E-state index contributed by atoms with van der Waals surface area (Å²) in [6, 6.07) is 7.67. The van der Waals surface area contributed by atoms with Gasteiger partial charge in [0, 0.05) is 6.54 Å². The number of amides is 1. The zero-order valence-corrected chi connectivity index (χ0v) is 15.0. The van der Waals surface area contributed by atoms with Crippen molar-refractivity contribution in [2.24, 2.45) is 0 Å². The van der Waals surface area contributed by atoms with E-state index in [2.05, 4.69) is 15.3 Å². The van der Waals surface area contributed by atoms with Gasteiger partial charge in [0.25, 0.3) is 5.91 Å². The molecule has 0 saturated carbocycles. The number of hydrogen-bond acceptors (Lipinski definition) is 5. The number of hydrogen-bond donors (Lipinski definition) is 1. The zero-order chi connectivity index (χ0) is 17.7. The highest BCUT2D eigenvalue weighted by atomic mass is 35.5. The SMILES string of the molecule is CCCS(=O)(=O)c1ncc(Cl)c(C(=O)NCc2ccc(C)cc2)n1. The van der Waals surface area contributed by atoms with Crippen molar-refractivity contribution in [1.29, 1.82) is 0 Å². The average molecular weight is 368 g/mol. The minimum absolute atomic E-state index is 0.00635. The Kier molecular flexibility index (Phi) is 5.90. The van der Waals surface area contributed by atoms with Crippen LogP contribution < -0.4 is 5.32 Å². The smallest absolute Gasteiger partial charge is 0.271 e. The lowest BCUT2D eigenvalue weighted by Crippen LogP contribution is -2.25. The van der Waals surface area contributed by atoms with Gasteiger partial charge in [-0.05, 0) is 18.9 Å². The van der Waals surface area contributed by atoms with Gasteiger partial charge in [0.05, 0.1) is 17.0 Å². The maximum Gasteiger partial charge on any atom is 0.271 e. The van der Waals surface area contributed by atoms with Crippen LogP contribution in [0.4, 0.5) is 0 Å². The molecule has 2 rings (SSSR count). The van der Waals surface area contributed by atoms with Crippen molar-refractivity contribution in [2.75, 3.05) is 5.75 Å². The van der Waals surface area contributed by atoms with E-state index in [-0.39, 0.29) is 28.2 Å². The highest BCUT2D eigenvalue weighted by molar-refractivity contribution is 7.91. The molecule has 1 amide bonds. The Labute approximate surface area is 146 Å². The van der Waals surface area contributed by atoms with Crippen LogP contribution in [0.3, 0.4) is 0 Å². The second-order valence-electron chi connectivity index (χ2n) is 5.34. The van der Waals surface area contributed by atoms with Crippen LogP contribution in [0.15, 0.2) is 35.6 Å². The largest absolute Gasteiger partial charge is 0.347 e. The van der Waals surface area contributed by atoms with E-state index in [4.69, 9.17) is 11.6 Å². The highest BCUT2D eigenvalue weighted by Crippen LogP contribution is 2.16. The first-order valence-electron chi connectivity index (χ1n) is 7.42. The Morgan fingerprint density at radius 1 is 1.25 bits per heavy atom. The maximum atomic E-state index is 12.3. The molecule has 0 aliphatic carbocycles. The molecule has 0 aliphatic heterocycles. The summed E-state index contributed by atoms with van der Waals surface area (Å²) in [5, 5.41) is 2.30. The molecule has 0 atom stereocenters. The summed E-state index contributed by atoms with van der Waals surface area (Å²) in [5.74, 6) is -0.630. The number of aryl methyl sites for hydroxylation is 1. The molecule has 1 N–H and O–H groups in total. The Balaban J connectivity index is 2.18. The molecule has 0 radical (unpaired) electrons. The molecule has 1 aromatic carbocycles. The first-order chi connectivity index (χ1) is 11.3. The quantitative estimate of drug-likeness (QED) is 0.792. The molecule has 1 aromatic heterocycles. The Morgan fingerprint density at radius 3 is 2.54 bits per heavy atom. The van der Waals surface area contributed by atoms with E-state index in [1.807, 2.05) is 31.2 Å². The van der Waals surface area contributed by atoms with E-state index in [0.29, 0.717) is 6.42 Å². The number of carbonyl (C=O) groups is 1. The third-order valence-corrected chi connectivity index (χ3v) is 5.24. The highest BCUT2D eigenvalue weighted by Gasteiger charge is 2.21. The van der Waals surface area contributed by atoms with E-state index in [1.54, 1.807) is 6.92 Å². The maximum absolute atomic E-state index is 12.3. The summed E-state index contributed by atoms with van der Waals surface area (Å²) >= 11 is 5.94. The predicted octanol–water partition coefficient (Wildman–Crippen LogP) is 2.55. The van der Waals surface area contributed by atoms with Crippen molar-refractivity contribution in [3.05, 3.63) is 52.3 Å². The summed E-state index contributed by atoms with van der Waals surface area (Å²) in [7, 11) is -3.62. The molecule has 1 heterocycles. The molecule has 24 heavy (non-hydrogen) atoms. The lowest BCUT2D eigenvalue weighted by Gasteiger charge is -2.08. The summed E-state index contributed by atoms with van der Waals surface area (Å²) < 4.78 is 24.1. The second kappa shape index (κ2) is 7.72. The van der Waals surface area contributed by atoms with E-state index < -0.39 is 15.7 Å². The van der Waals surface area contributed by atoms with Crippen molar-refractivity contribution in [3.63, 3.8) is 0 Å². The van der Waals surface area contributed by atoms with Crippen LogP contribution in [0.1, 0.15) is 35.0 Å². The Bertz CT molecular complexity index is 836. The fourth-order valence-electron chi connectivity index (χ4n) is 1.99. The predicted molar refractivity (Wildman–Crippen MR) is 91.7 cm³/mol. The van der Waals surface area contributed by atoms with Gasteiger partial charge in [0.2, 0.25) is 15.0 Å². The molecule has 0 fully saturated rings. The van der Waals surface area contributed by atoms with Gasteiger partial charge in [0.15, 0.2) is 5.69 Å². The van der Waals surface area contributed by atoms with Gasteiger partial charge in [0.1, 0.15) is 0 Å². The number of aromatic nitrogens is 2. The first-order valence-corrected chi connectivity index (χ1v) is 9.45. The van der Waals surface area contributed by atoms with Crippen molar-refractivity contribution >= 4 is 27.3 Å². The molecule has 0 spiro atoms. The summed E-state index contributed by atoms with van der Waals surface area (Å²) in [4.78, 5) is 19.8. The van der Waals surface area contributed by atoms with Crippen molar-refractivity contribution < 1.29 is 13.2 Å². The minimum atomic E-state index is -3.62. The number of nitrogens with zero attached hydrogens (tertiary/aromatic N) is 2. The van der Waals surface area contributed by atoms with Gasteiger partial charge < -0.3 is 5.32 Å². The van der Waals surface area contributed by atoms with Gasteiger partial charge in [-0.3, -0.25) is 4.79 Å². The number of sulfone groups is 1. The van der Waals surface area contributed by atoms with Gasteiger partial charge >= 0.3 is 0 Å². The molecule has 0 saturated heterocycles. The van der Waals surface area contributed by atoms with E-state index in [9.17, 15) is 13.2 Å². The van der Waals surface area contributed by atoms with Crippen LogP contribution in [0.2, 0.25) is 5.02 Å². The second-order valence-corrected chi connectivity index (χ2v) is 7.75. The van der Waals surface area contributed by atoms with Crippen molar-refractivity contribution in [1.82, 2.24) is 15.3 Å². The van der Waals surface area contributed by atoms with Crippen molar-refractivity contribution in [3.8, 4) is 0 Å². The van der Waals surface area contributed by atoms with E-state index in [0.717, 1.165) is 17.3 Å². The molecule has 8 heteroatoms. The van der Waals surface area contributed by atoms with Crippen LogP contribution in [-0.2, 0) is 16.4 Å². The van der Waals surface area contributed by atoms with Gasteiger partial charge in [-0.25, -0.2) is 18.4 Å². The monoisotopic (exact) mass is 367 g/mol. The minimum Gasteiger partial charge on any atom is -0.347 e. The van der Waals surface area contributed by atoms with Gasteiger partial charge in [-0.1, -0.05) is 48.4 Å². The molecule has 2 aromatic rings. The summed E-state index contributed by atoms with van der Waals surface area (Å²) in [6.45, 7) is 4.00. The third-order valence-electron chi connectivity index (χ3n) is 3.26. The van der Waals surface area contributed by atoms with Gasteiger partial charge in [-0.2, -0.15) is 0 Å². The molecule has 128 valence electrons. The molecule has 6 nitrogen and oxygen atoms in total. The van der Waals surface area contributed by atoms with Crippen LogP contribution in [0.25, 0.3) is 0 Å². The molecular weight excluding hydrogens is 350 g/mol. The lowest BCUT2D eigenvalue weighted by atomic mass is 10.1. The fourth-order valence-corrected chi connectivity index (χ4v) is 3.33. The first kappa shape index (κ1) is 18.4. The van der Waals surface area contributed by atoms with Crippen molar-refractivity contribution in [2.45, 2.75) is 32.0 Å². The Morgan fingerprint density at radius 2 is 1.92 bits per heavy atom. The zero-order valence-electron chi connectivity index (χ0n) is 13.4. The van der Waals surface area contributed by atoms with Crippen LogP contribution >= 0.6 is 11.6 Å². The molecule has 0 bridgehead atoms. The van der Waals surface area contributed by atoms with Crippen LogP contribution in [0.5, 0.6) is 0 Å². The van der Waals surface area contributed by atoms with Gasteiger partial charge in [-0.15, -0.1) is 0 Å². The van der Waals surface area contributed by atoms with Crippen LogP contribution in [-0.4, -0.2) is 30.0 Å². The average Bonchev–Trinajstić information content (AvgIpc) is 2.54. The molecule has 0 aliphatic rings. The third kappa shape index (κ3) is 4.52. The number of halogens is 1. The topological polar surface area (TPSA) is 89.0 Å². The Hall–Kier alpha value is -1.99. The summed E-state index contributed by atoms with van der Waals surface area (Å²) in [5.41, 5.74) is 1.89. The summed E-state index contributed by atoms with van der Waals surface area (Å²) in [6.07, 6.45) is 1.57. The normalized spacial score (nSPS) is 11.3. The number of rotatable bonds is 6. The number of carbonyl (C=O) groups excluding carboxylic acids is 1. The standard InChI is InChI=1S/C16H18ClN3O3S/c1-3-8-24(22,23)16-19-10-13(17)14(20-16)15(21)18-9-12-6-4-11(2)5-7-12/h4-7,10H,3,8-9H2,1-2H3,(H,18,21). The van der Waals surface area contributed by atoms with E-state index in [1.165, 1.54) is 0 Å². The lowest BCUT2D eigenvalue weighted by molar-refractivity contribution is 0.0945. The fraction of sp³-hybridized carbons (Fsp3) is 0.312. The molecule has 0 unspecified atom stereocenters. The van der Waals surface area contributed by atoms with Crippen LogP contribution in [0, 0.1) is 6.92 Å². The number of nitrogens with one attached hydrogen (secondary N) is 1.